The number of hydrogen-bond acceptors (Lipinski definition) is 3. The maximum absolute atomic E-state index is 12.0. The molecule has 1 aromatic rings. The molecule has 1 rings (SSSR count). The molecule has 0 saturated carbocycles. The number of nitrogens with one attached hydrogen (secondary N) is 2. The van der Waals surface area contributed by atoms with E-state index in [1.54, 1.807) is 12.1 Å². The molecule has 0 spiro atoms. The lowest BCUT2D eigenvalue weighted by atomic mass is 10.1. The summed E-state index contributed by atoms with van der Waals surface area (Å²) >= 11 is 5.79. The lowest BCUT2D eigenvalue weighted by Crippen LogP contribution is -2.38. The third kappa shape index (κ3) is 7.11. The summed E-state index contributed by atoms with van der Waals surface area (Å²) in [6, 6.07) is 6.10. The Labute approximate surface area is 137 Å². The van der Waals surface area contributed by atoms with Gasteiger partial charge in [0.15, 0.2) is 5.96 Å². The van der Waals surface area contributed by atoms with Crippen LogP contribution in [-0.4, -0.2) is 34.0 Å². The van der Waals surface area contributed by atoms with Gasteiger partial charge < -0.3 is 11.1 Å². The Morgan fingerprint density at radius 2 is 2.09 bits per heavy atom. The van der Waals surface area contributed by atoms with Gasteiger partial charge in [-0.15, -0.1) is 0 Å². The molecular weight excluding hydrogens is 324 g/mol. The zero-order valence-electron chi connectivity index (χ0n) is 12.8. The van der Waals surface area contributed by atoms with Crippen molar-refractivity contribution in [1.82, 2.24) is 10.0 Å². The molecule has 0 heterocycles. The van der Waals surface area contributed by atoms with E-state index in [1.807, 2.05) is 0 Å². The second-order valence-electron chi connectivity index (χ2n) is 5.23. The van der Waals surface area contributed by atoms with Crippen molar-refractivity contribution in [2.24, 2.45) is 16.6 Å². The molecule has 1 aromatic carbocycles. The summed E-state index contributed by atoms with van der Waals surface area (Å²) in [6.45, 7) is 5.45. The summed E-state index contributed by atoms with van der Waals surface area (Å²) in [5.41, 5.74) is 5.68. The molecular formula is C14H23ClN4O2S. The molecule has 0 unspecified atom stereocenters. The maximum Gasteiger partial charge on any atom is 0.240 e. The average Bonchev–Trinajstić information content (AvgIpc) is 2.43. The summed E-state index contributed by atoms with van der Waals surface area (Å²) in [5, 5.41) is 3.24. The Balaban J connectivity index is 2.37. The van der Waals surface area contributed by atoms with Gasteiger partial charge in [-0.25, -0.2) is 13.1 Å². The summed E-state index contributed by atoms with van der Waals surface area (Å²) in [7, 11) is -3.56. The zero-order chi connectivity index (χ0) is 16.6. The maximum atomic E-state index is 12.0. The topological polar surface area (TPSA) is 96.6 Å². The molecule has 0 bridgehead atoms. The van der Waals surface area contributed by atoms with E-state index in [0.29, 0.717) is 30.0 Å². The van der Waals surface area contributed by atoms with Gasteiger partial charge in [-0.2, -0.15) is 0 Å². The molecule has 4 N–H and O–H groups in total. The number of nitrogens with two attached hydrogens (primary N) is 1. The quantitative estimate of drug-likeness (QED) is 0.378. The van der Waals surface area contributed by atoms with Gasteiger partial charge in [0.05, 0.1) is 4.90 Å². The van der Waals surface area contributed by atoms with Crippen LogP contribution >= 0.6 is 11.6 Å². The number of rotatable bonds is 8. The number of nitrogens with zero attached hydrogens (tertiary/aromatic N) is 1. The van der Waals surface area contributed by atoms with Gasteiger partial charge in [-0.3, -0.25) is 4.99 Å². The van der Waals surface area contributed by atoms with Crippen LogP contribution in [0.3, 0.4) is 0 Å². The third-order valence-electron chi connectivity index (χ3n) is 2.82. The fourth-order valence-electron chi connectivity index (χ4n) is 1.59. The van der Waals surface area contributed by atoms with Gasteiger partial charge in [-0.05, 0) is 30.5 Å². The van der Waals surface area contributed by atoms with Crippen molar-refractivity contribution in [1.29, 1.82) is 0 Å². The monoisotopic (exact) mass is 346 g/mol. The Morgan fingerprint density at radius 3 is 2.73 bits per heavy atom. The summed E-state index contributed by atoms with van der Waals surface area (Å²) in [5.74, 6) is 0.892. The van der Waals surface area contributed by atoms with E-state index in [2.05, 4.69) is 28.9 Å². The van der Waals surface area contributed by atoms with E-state index in [0.717, 1.165) is 6.42 Å². The van der Waals surface area contributed by atoms with E-state index < -0.39 is 10.0 Å². The number of guanidine groups is 1. The predicted octanol–water partition coefficient (Wildman–Crippen LogP) is 1.57. The molecule has 0 aliphatic heterocycles. The molecule has 0 amide bonds. The highest BCUT2D eigenvalue weighted by atomic mass is 35.5. The van der Waals surface area contributed by atoms with Crippen molar-refractivity contribution < 1.29 is 8.42 Å². The van der Waals surface area contributed by atoms with Gasteiger partial charge in [0.25, 0.3) is 0 Å². The second kappa shape index (κ2) is 8.97. The lowest BCUT2D eigenvalue weighted by Gasteiger charge is -2.09. The molecule has 22 heavy (non-hydrogen) atoms. The molecule has 0 fully saturated rings. The first kappa shape index (κ1) is 18.7. The minimum Gasteiger partial charge on any atom is -0.370 e. The minimum absolute atomic E-state index is 0.138. The fraction of sp³-hybridized carbons (Fsp3) is 0.500. The van der Waals surface area contributed by atoms with Crippen LogP contribution < -0.4 is 15.8 Å². The number of aliphatic imine (C=N–C) groups is 1. The molecule has 6 nitrogen and oxygen atoms in total. The number of halogens is 1. The molecule has 8 heteroatoms. The summed E-state index contributed by atoms with van der Waals surface area (Å²) in [6.07, 6.45) is 0.962. The van der Waals surface area contributed by atoms with Gasteiger partial charge in [0, 0.05) is 24.7 Å². The van der Waals surface area contributed by atoms with Crippen molar-refractivity contribution in [2.75, 3.05) is 19.6 Å². The third-order valence-corrected chi connectivity index (χ3v) is 4.51. The molecule has 0 aliphatic rings. The molecule has 0 aliphatic carbocycles. The van der Waals surface area contributed by atoms with E-state index in [4.69, 9.17) is 17.3 Å². The van der Waals surface area contributed by atoms with Crippen molar-refractivity contribution in [2.45, 2.75) is 25.2 Å². The SMILES string of the molecule is CC(C)CCN=C(N)NCCNS(=O)(=O)c1cccc(Cl)c1. The molecule has 0 aromatic heterocycles. The number of benzene rings is 1. The Hall–Kier alpha value is -1.31. The second-order valence-corrected chi connectivity index (χ2v) is 7.43. The van der Waals surface area contributed by atoms with Crippen LogP contribution in [0.1, 0.15) is 20.3 Å². The van der Waals surface area contributed by atoms with E-state index in [9.17, 15) is 8.42 Å². The highest BCUT2D eigenvalue weighted by Gasteiger charge is 2.13. The van der Waals surface area contributed by atoms with Crippen molar-refractivity contribution in [3.63, 3.8) is 0 Å². The number of hydrogen-bond donors (Lipinski definition) is 3. The first-order chi connectivity index (χ1) is 10.3. The molecule has 0 radical (unpaired) electrons. The highest BCUT2D eigenvalue weighted by Crippen LogP contribution is 2.14. The van der Waals surface area contributed by atoms with Crippen LogP contribution in [0.5, 0.6) is 0 Å². The Morgan fingerprint density at radius 1 is 1.36 bits per heavy atom. The van der Waals surface area contributed by atoms with Crippen LogP contribution in [0.25, 0.3) is 0 Å². The molecule has 0 atom stereocenters. The van der Waals surface area contributed by atoms with Crippen molar-refractivity contribution >= 4 is 27.6 Å². The van der Waals surface area contributed by atoms with Crippen LogP contribution in [-0.2, 0) is 10.0 Å². The summed E-state index contributed by atoms with van der Waals surface area (Å²) in [4.78, 5) is 4.29. The van der Waals surface area contributed by atoms with E-state index in [1.165, 1.54) is 12.1 Å². The molecule has 124 valence electrons. The van der Waals surface area contributed by atoms with E-state index in [-0.39, 0.29) is 11.4 Å². The van der Waals surface area contributed by atoms with Gasteiger partial charge in [0.1, 0.15) is 0 Å². The van der Waals surface area contributed by atoms with Gasteiger partial charge in [-0.1, -0.05) is 31.5 Å². The highest BCUT2D eigenvalue weighted by molar-refractivity contribution is 7.89. The smallest absolute Gasteiger partial charge is 0.240 e. The molecule has 0 saturated heterocycles. The van der Waals surface area contributed by atoms with Crippen molar-refractivity contribution in [3.05, 3.63) is 29.3 Å². The average molecular weight is 347 g/mol. The summed E-state index contributed by atoms with van der Waals surface area (Å²) < 4.78 is 26.5. The fourth-order valence-corrected chi connectivity index (χ4v) is 2.92. The van der Waals surface area contributed by atoms with Gasteiger partial charge in [0.2, 0.25) is 10.0 Å². The van der Waals surface area contributed by atoms with Crippen LogP contribution in [0.4, 0.5) is 0 Å². The largest absolute Gasteiger partial charge is 0.370 e. The normalized spacial score (nSPS) is 12.6. The standard InChI is InChI=1S/C14H23ClN4O2S/c1-11(2)6-7-17-14(16)18-8-9-19-22(20,21)13-5-3-4-12(15)10-13/h3-5,10-11,19H,6-9H2,1-2H3,(H3,16,17,18). The predicted molar refractivity (Wildman–Crippen MR) is 90.6 cm³/mol. The Kier molecular flexibility index (Phi) is 7.64. The van der Waals surface area contributed by atoms with Crippen LogP contribution in [0.2, 0.25) is 5.02 Å². The van der Waals surface area contributed by atoms with E-state index >= 15 is 0 Å². The zero-order valence-corrected chi connectivity index (χ0v) is 14.4. The van der Waals surface area contributed by atoms with Gasteiger partial charge >= 0.3 is 0 Å². The lowest BCUT2D eigenvalue weighted by molar-refractivity contribution is 0.580. The minimum atomic E-state index is -3.56. The number of sulfonamides is 1. The first-order valence-corrected chi connectivity index (χ1v) is 8.96. The first-order valence-electron chi connectivity index (χ1n) is 7.10. The van der Waals surface area contributed by atoms with Crippen LogP contribution in [0.15, 0.2) is 34.2 Å². The van der Waals surface area contributed by atoms with Crippen LogP contribution in [0, 0.1) is 5.92 Å². The van der Waals surface area contributed by atoms with Crippen molar-refractivity contribution in [3.8, 4) is 0 Å². The Bertz CT molecular complexity index is 603.